The zero-order valence-electron chi connectivity index (χ0n) is 2.32. The molecule has 0 aromatic heterocycles. The fourth-order valence-corrected chi connectivity index (χ4v) is 0. The third-order valence-corrected chi connectivity index (χ3v) is 0. The van der Waals surface area contributed by atoms with Gasteiger partial charge in [-0.15, -0.1) is 0 Å². The average Bonchev–Trinajstić information content (AvgIpc) is 0.918. The van der Waals surface area contributed by atoms with E-state index in [1.54, 1.807) is 0 Å². The van der Waals surface area contributed by atoms with Crippen molar-refractivity contribution in [2.45, 2.75) is 0 Å². The summed E-state index contributed by atoms with van der Waals surface area (Å²) in [5.41, 5.74) is 0. The quantitative estimate of drug-likeness (QED) is 0.315. The minimum absolute atomic E-state index is 0. The fraction of sp³-hybridized carbons (Fsp3) is 0. The van der Waals surface area contributed by atoms with Gasteiger partial charge < -0.3 is 0 Å². The molecule has 0 aromatic rings. The second-order valence-corrected chi connectivity index (χ2v) is 0.289. The van der Waals surface area contributed by atoms with Crippen LogP contribution in [-0.2, 0) is 16.8 Å². The van der Waals surface area contributed by atoms with Crippen LogP contribution in [0.1, 0.15) is 0 Å². The van der Waals surface area contributed by atoms with Gasteiger partial charge in [0.2, 0.25) is 0 Å². The maximum Gasteiger partial charge on any atom is 0.187 e. The molecule has 0 aliphatic carbocycles. The van der Waals surface area contributed by atoms with Crippen molar-refractivity contribution in [3.05, 3.63) is 19.6 Å². The van der Waals surface area contributed by atoms with Crippen LogP contribution in [0.3, 0.4) is 0 Å². The predicted molar refractivity (Wildman–Crippen MR) is 25.5 cm³/mol. The van der Waals surface area contributed by atoms with Crippen LogP contribution in [-0.4, -0.2) is 17.4 Å². The molecule has 0 N–H and O–H groups in total. The third kappa shape index (κ3) is 77.5. The summed E-state index contributed by atoms with van der Waals surface area (Å²) in [5.74, 6) is 0. The molecule has 0 unspecified atom stereocenters. The Kier molecular flexibility index (Phi) is 79.2. The van der Waals surface area contributed by atoms with Crippen molar-refractivity contribution in [3.63, 3.8) is 0 Å². The SMILES string of the molecule is C=C[CH2-].[AlH3].[Co]. The first kappa shape index (κ1) is 17.4. The maximum absolute atomic E-state index is 3.25. The normalized spacial score (nSPS) is 2.40. The van der Waals surface area contributed by atoms with Gasteiger partial charge in [-0.1, -0.05) is 0 Å². The molecular formula is C3H8AlCo-. The van der Waals surface area contributed by atoms with E-state index >= 15 is 0 Å². The van der Waals surface area contributed by atoms with Crippen LogP contribution in [0.2, 0.25) is 0 Å². The minimum atomic E-state index is 0. The molecular weight excluding hydrogens is 122 g/mol. The van der Waals surface area contributed by atoms with E-state index in [0.29, 0.717) is 0 Å². The van der Waals surface area contributed by atoms with Crippen molar-refractivity contribution in [3.8, 4) is 0 Å². The molecule has 1 radical (unpaired) electrons. The minimum Gasteiger partial charge on any atom is -0.245 e. The van der Waals surface area contributed by atoms with Gasteiger partial charge in [-0.2, -0.15) is 0 Å². The second-order valence-electron chi connectivity index (χ2n) is 0.289. The summed E-state index contributed by atoms with van der Waals surface area (Å²) < 4.78 is 0. The summed E-state index contributed by atoms with van der Waals surface area (Å²) in [6, 6.07) is 0. The molecule has 0 aliphatic rings. The van der Waals surface area contributed by atoms with Crippen molar-refractivity contribution in [1.82, 2.24) is 0 Å². The van der Waals surface area contributed by atoms with Gasteiger partial charge >= 0.3 is 0 Å². The summed E-state index contributed by atoms with van der Waals surface area (Å²) in [4.78, 5) is 0. The van der Waals surface area contributed by atoms with E-state index in [1.807, 2.05) is 0 Å². The van der Waals surface area contributed by atoms with E-state index in [1.165, 1.54) is 6.08 Å². The van der Waals surface area contributed by atoms with Gasteiger partial charge in [0.05, 0.1) is 0 Å². The zero-order valence-corrected chi connectivity index (χ0v) is 3.37. The van der Waals surface area contributed by atoms with E-state index < -0.39 is 0 Å². The van der Waals surface area contributed by atoms with Crippen LogP contribution in [0, 0.1) is 6.92 Å². The largest absolute Gasteiger partial charge is 0.245 e. The fourth-order valence-electron chi connectivity index (χ4n) is 0. The molecule has 0 atom stereocenters. The molecule has 5 heavy (non-hydrogen) atoms. The standard InChI is InChI=1S/C3H5.Al.Co.3H/c1-3-2;;;;;/h3H,1-2H2;;;;;/q-1;;;;;. The zero-order chi connectivity index (χ0) is 2.71. The Hall–Kier alpha value is 0.649. The smallest absolute Gasteiger partial charge is 0.187 e. The second kappa shape index (κ2) is 22.8. The summed E-state index contributed by atoms with van der Waals surface area (Å²) in [5, 5.41) is 0. The first-order valence-corrected chi connectivity index (χ1v) is 0.816. The van der Waals surface area contributed by atoms with Crippen LogP contribution in [0.25, 0.3) is 0 Å². The molecule has 0 aromatic carbocycles. The molecule has 0 bridgehead atoms. The first-order valence-electron chi connectivity index (χ1n) is 0.816. The van der Waals surface area contributed by atoms with Crippen LogP contribution in [0.4, 0.5) is 0 Å². The maximum atomic E-state index is 3.25. The van der Waals surface area contributed by atoms with Crippen molar-refractivity contribution < 1.29 is 16.8 Å². The molecule has 0 heterocycles. The number of hydrogen-bond donors (Lipinski definition) is 0. The summed E-state index contributed by atoms with van der Waals surface area (Å²) in [6.45, 7) is 6.50. The molecule has 0 amide bonds. The Morgan fingerprint density at radius 2 is 1.60 bits per heavy atom. The van der Waals surface area contributed by atoms with Crippen LogP contribution in [0.15, 0.2) is 12.7 Å². The first-order chi connectivity index (χ1) is 1.41. The molecule has 33 valence electrons. The summed E-state index contributed by atoms with van der Waals surface area (Å²) in [7, 11) is 0. The number of allylic oxidation sites excluding steroid dienone is 1. The van der Waals surface area contributed by atoms with Gasteiger partial charge in [0.25, 0.3) is 0 Å². The van der Waals surface area contributed by atoms with Gasteiger partial charge in [-0.3, -0.25) is 0 Å². The molecule has 0 nitrogen and oxygen atoms in total. The predicted octanol–water partition coefficient (Wildman–Crippen LogP) is -0.180. The molecule has 2 heteroatoms. The van der Waals surface area contributed by atoms with Crippen molar-refractivity contribution in [2.75, 3.05) is 0 Å². The van der Waals surface area contributed by atoms with E-state index in [0.717, 1.165) is 0 Å². The Labute approximate surface area is 54.0 Å². The Balaban J connectivity index is -0.0000000200. The van der Waals surface area contributed by atoms with Crippen molar-refractivity contribution in [2.24, 2.45) is 0 Å². The van der Waals surface area contributed by atoms with Gasteiger partial charge in [-0.25, -0.2) is 19.6 Å². The molecule has 0 saturated carbocycles. The molecule has 0 aliphatic heterocycles. The van der Waals surface area contributed by atoms with E-state index in [4.69, 9.17) is 0 Å². The Morgan fingerprint density at radius 3 is 1.60 bits per heavy atom. The molecule has 0 spiro atoms. The van der Waals surface area contributed by atoms with Crippen LogP contribution in [0.5, 0.6) is 0 Å². The third-order valence-electron chi connectivity index (χ3n) is 0. The van der Waals surface area contributed by atoms with Gasteiger partial charge in [-0.05, 0) is 0 Å². The Morgan fingerprint density at radius 1 is 1.60 bits per heavy atom. The average molecular weight is 130 g/mol. The van der Waals surface area contributed by atoms with Gasteiger partial charge in [0.15, 0.2) is 17.4 Å². The van der Waals surface area contributed by atoms with Crippen molar-refractivity contribution >= 4 is 17.4 Å². The van der Waals surface area contributed by atoms with E-state index in [9.17, 15) is 0 Å². The van der Waals surface area contributed by atoms with Crippen molar-refractivity contribution in [1.29, 1.82) is 0 Å². The molecule has 0 rings (SSSR count). The van der Waals surface area contributed by atoms with E-state index in [2.05, 4.69) is 13.5 Å². The topological polar surface area (TPSA) is 0 Å². The monoisotopic (exact) mass is 130 g/mol. The van der Waals surface area contributed by atoms with E-state index in [-0.39, 0.29) is 34.1 Å². The molecule has 0 saturated heterocycles. The van der Waals surface area contributed by atoms with Gasteiger partial charge in [0.1, 0.15) is 0 Å². The summed E-state index contributed by atoms with van der Waals surface area (Å²) >= 11 is 0. The van der Waals surface area contributed by atoms with Gasteiger partial charge in [0, 0.05) is 16.8 Å². The number of rotatable bonds is 0. The van der Waals surface area contributed by atoms with Crippen LogP contribution >= 0.6 is 0 Å². The van der Waals surface area contributed by atoms with Crippen LogP contribution < -0.4 is 0 Å². The number of hydrogen-bond acceptors (Lipinski definition) is 0. The molecule has 0 fully saturated rings. The summed E-state index contributed by atoms with van der Waals surface area (Å²) in [6.07, 6.45) is 1.50. The Bertz CT molecular complexity index is 14.4.